The van der Waals surface area contributed by atoms with E-state index in [1.807, 2.05) is 6.92 Å². The Kier molecular flexibility index (Phi) is 6.50. The van der Waals surface area contributed by atoms with Gasteiger partial charge in [-0.2, -0.15) is 0 Å². The minimum atomic E-state index is -2.85. The topological polar surface area (TPSA) is 73.8 Å². The number of guanidine groups is 1. The molecule has 128 valence electrons. The molecule has 0 spiro atoms. The van der Waals surface area contributed by atoms with Gasteiger partial charge in [0.05, 0.1) is 11.5 Å². The van der Waals surface area contributed by atoms with Crippen molar-refractivity contribution < 1.29 is 8.42 Å². The van der Waals surface area contributed by atoms with Gasteiger partial charge in [-0.3, -0.25) is 4.99 Å². The molecule has 0 aromatic carbocycles. The second-order valence-corrected chi connectivity index (χ2v) is 8.81. The normalized spacial score (nSPS) is 27.0. The molecular weight excluding hydrogens is 300 g/mol. The fraction of sp³-hybridized carbons (Fsp3) is 0.933. The lowest BCUT2D eigenvalue weighted by atomic mass is 10.2. The molecule has 0 amide bonds. The summed E-state index contributed by atoms with van der Waals surface area (Å²) in [4.78, 5) is 7.14. The quantitative estimate of drug-likeness (QED) is 0.547. The van der Waals surface area contributed by atoms with Crippen LogP contribution in [-0.4, -0.2) is 69.5 Å². The third kappa shape index (κ3) is 5.76. The number of nitrogens with one attached hydrogen (secondary N) is 2. The van der Waals surface area contributed by atoms with Crippen LogP contribution in [0.2, 0.25) is 0 Å². The second-order valence-electron chi connectivity index (χ2n) is 6.58. The molecule has 2 saturated heterocycles. The highest BCUT2D eigenvalue weighted by Crippen LogP contribution is 2.12. The summed E-state index contributed by atoms with van der Waals surface area (Å²) in [5, 5.41) is 6.48. The number of hydrogen-bond donors (Lipinski definition) is 2. The van der Waals surface area contributed by atoms with Crippen molar-refractivity contribution in [1.82, 2.24) is 15.5 Å². The van der Waals surface area contributed by atoms with Gasteiger partial charge in [0.2, 0.25) is 0 Å². The fourth-order valence-electron chi connectivity index (χ4n) is 3.13. The molecule has 22 heavy (non-hydrogen) atoms. The summed E-state index contributed by atoms with van der Waals surface area (Å²) < 4.78 is 23.1. The monoisotopic (exact) mass is 330 g/mol. The number of likely N-dealkylation sites (tertiary alicyclic amines) is 1. The summed E-state index contributed by atoms with van der Waals surface area (Å²) in [6.07, 6.45) is 3.31. The number of aliphatic imine (C=N–C) groups is 1. The summed E-state index contributed by atoms with van der Waals surface area (Å²) in [7, 11) is -2.85. The van der Waals surface area contributed by atoms with Crippen LogP contribution in [0.15, 0.2) is 4.99 Å². The molecule has 2 atom stereocenters. The molecule has 2 heterocycles. The maximum absolute atomic E-state index is 11.5. The molecule has 0 saturated carbocycles. The van der Waals surface area contributed by atoms with Crippen molar-refractivity contribution in [3.63, 3.8) is 0 Å². The highest BCUT2D eigenvalue weighted by Gasteiger charge is 2.28. The first-order valence-electron chi connectivity index (χ1n) is 8.46. The van der Waals surface area contributed by atoms with E-state index in [9.17, 15) is 8.42 Å². The van der Waals surface area contributed by atoms with Gasteiger partial charge in [0, 0.05) is 25.7 Å². The molecule has 0 bridgehead atoms. The number of hydrogen-bond acceptors (Lipinski definition) is 4. The summed E-state index contributed by atoms with van der Waals surface area (Å²) >= 11 is 0. The lowest BCUT2D eigenvalue weighted by Crippen LogP contribution is -2.44. The van der Waals surface area contributed by atoms with Crippen LogP contribution in [0.4, 0.5) is 0 Å². The Balaban J connectivity index is 1.81. The van der Waals surface area contributed by atoms with Crippen molar-refractivity contribution in [3.8, 4) is 0 Å². The first kappa shape index (κ1) is 17.5. The van der Waals surface area contributed by atoms with Gasteiger partial charge in [-0.1, -0.05) is 6.92 Å². The van der Waals surface area contributed by atoms with Crippen molar-refractivity contribution >= 4 is 15.8 Å². The van der Waals surface area contributed by atoms with Crippen LogP contribution in [0.25, 0.3) is 0 Å². The van der Waals surface area contributed by atoms with Gasteiger partial charge in [-0.15, -0.1) is 0 Å². The van der Waals surface area contributed by atoms with E-state index in [4.69, 9.17) is 0 Å². The van der Waals surface area contributed by atoms with Gasteiger partial charge in [0.15, 0.2) is 15.8 Å². The molecule has 0 radical (unpaired) electrons. The zero-order valence-corrected chi connectivity index (χ0v) is 14.7. The Labute approximate surface area is 134 Å². The smallest absolute Gasteiger partial charge is 0.191 e. The Morgan fingerprint density at radius 3 is 2.68 bits per heavy atom. The highest BCUT2D eigenvalue weighted by molar-refractivity contribution is 7.91. The van der Waals surface area contributed by atoms with Crippen molar-refractivity contribution in [1.29, 1.82) is 0 Å². The molecule has 0 aromatic rings. The predicted octanol–water partition coefficient (Wildman–Crippen LogP) is 0.461. The number of rotatable bonds is 6. The first-order valence-corrected chi connectivity index (χ1v) is 10.3. The van der Waals surface area contributed by atoms with Gasteiger partial charge in [0.25, 0.3) is 0 Å². The number of sulfone groups is 1. The van der Waals surface area contributed by atoms with Crippen LogP contribution in [0.1, 0.15) is 33.1 Å². The standard InChI is InChI=1S/C15H30N4O2S/c1-3-16-15(18-14-6-9-22(20,21)12-14)17-10-13(2)11-19-7-4-5-8-19/h13-14H,3-12H2,1-2H3,(H2,16,17,18). The van der Waals surface area contributed by atoms with Gasteiger partial charge in [-0.25, -0.2) is 8.42 Å². The van der Waals surface area contributed by atoms with Crippen LogP contribution in [0.5, 0.6) is 0 Å². The van der Waals surface area contributed by atoms with E-state index in [1.165, 1.54) is 25.9 Å². The molecule has 0 aliphatic carbocycles. The summed E-state index contributed by atoms with van der Waals surface area (Å²) in [6, 6.07) is -0.00307. The molecule has 2 N–H and O–H groups in total. The van der Waals surface area contributed by atoms with E-state index in [0.29, 0.717) is 12.3 Å². The molecule has 2 fully saturated rings. The summed E-state index contributed by atoms with van der Waals surface area (Å²) in [5.74, 6) is 1.77. The van der Waals surface area contributed by atoms with Crippen LogP contribution >= 0.6 is 0 Å². The van der Waals surface area contributed by atoms with Crippen molar-refractivity contribution in [2.45, 2.75) is 39.2 Å². The molecule has 2 aliphatic rings. The Hall–Kier alpha value is -0.820. The van der Waals surface area contributed by atoms with Gasteiger partial charge < -0.3 is 15.5 Å². The Morgan fingerprint density at radius 2 is 2.09 bits per heavy atom. The molecular formula is C15H30N4O2S. The van der Waals surface area contributed by atoms with Crippen LogP contribution in [0.3, 0.4) is 0 Å². The summed E-state index contributed by atoms with van der Waals surface area (Å²) in [5.41, 5.74) is 0. The van der Waals surface area contributed by atoms with Crippen molar-refractivity contribution in [2.75, 3.05) is 44.2 Å². The molecule has 2 rings (SSSR count). The first-order chi connectivity index (χ1) is 10.5. The van der Waals surface area contributed by atoms with Crippen molar-refractivity contribution in [2.24, 2.45) is 10.9 Å². The maximum Gasteiger partial charge on any atom is 0.191 e. The van der Waals surface area contributed by atoms with Gasteiger partial charge in [0.1, 0.15) is 0 Å². The van der Waals surface area contributed by atoms with Crippen LogP contribution in [-0.2, 0) is 9.84 Å². The zero-order valence-electron chi connectivity index (χ0n) is 13.8. The van der Waals surface area contributed by atoms with E-state index in [2.05, 4.69) is 27.4 Å². The zero-order chi connectivity index (χ0) is 16.0. The summed E-state index contributed by atoms with van der Waals surface area (Å²) in [6.45, 7) is 9.33. The minimum Gasteiger partial charge on any atom is -0.357 e. The SMILES string of the molecule is CCNC(=NCC(C)CN1CCCC1)NC1CCS(=O)(=O)C1. The van der Waals surface area contributed by atoms with Crippen LogP contribution < -0.4 is 10.6 Å². The Bertz CT molecular complexity index is 472. The van der Waals surface area contributed by atoms with Gasteiger partial charge in [-0.05, 0) is 45.2 Å². The third-order valence-corrected chi connectivity index (χ3v) is 6.02. The highest BCUT2D eigenvalue weighted by atomic mass is 32.2. The molecule has 7 heteroatoms. The van der Waals surface area contributed by atoms with Gasteiger partial charge >= 0.3 is 0 Å². The lowest BCUT2D eigenvalue weighted by Gasteiger charge is -2.20. The predicted molar refractivity (Wildman–Crippen MR) is 91.0 cm³/mol. The maximum atomic E-state index is 11.5. The average molecular weight is 330 g/mol. The molecule has 2 unspecified atom stereocenters. The second kappa shape index (κ2) is 8.15. The van der Waals surface area contributed by atoms with E-state index in [-0.39, 0.29) is 17.5 Å². The molecule has 6 nitrogen and oxygen atoms in total. The molecule has 0 aromatic heterocycles. The van der Waals surface area contributed by atoms with E-state index >= 15 is 0 Å². The number of nitrogens with zero attached hydrogens (tertiary/aromatic N) is 2. The average Bonchev–Trinajstić information content (AvgIpc) is 3.06. The third-order valence-electron chi connectivity index (χ3n) is 4.25. The minimum absolute atomic E-state index is 0.00307. The van der Waals surface area contributed by atoms with Crippen LogP contribution in [0, 0.1) is 5.92 Å². The largest absolute Gasteiger partial charge is 0.357 e. The van der Waals surface area contributed by atoms with E-state index < -0.39 is 9.84 Å². The van der Waals surface area contributed by atoms with E-state index in [1.54, 1.807) is 0 Å². The lowest BCUT2D eigenvalue weighted by molar-refractivity contribution is 0.291. The molecule has 2 aliphatic heterocycles. The van der Waals surface area contributed by atoms with Crippen molar-refractivity contribution in [3.05, 3.63) is 0 Å². The fourth-order valence-corrected chi connectivity index (χ4v) is 4.81. The van der Waals surface area contributed by atoms with E-state index in [0.717, 1.165) is 25.6 Å². The Morgan fingerprint density at radius 1 is 1.36 bits per heavy atom.